The summed E-state index contributed by atoms with van der Waals surface area (Å²) in [5.41, 5.74) is 3.19. The summed E-state index contributed by atoms with van der Waals surface area (Å²) in [6.45, 7) is 0.851. The normalized spacial score (nSPS) is 18.4. The molecule has 2 aromatic rings. The Labute approximate surface area is 201 Å². The Morgan fingerprint density at radius 3 is 2.74 bits per heavy atom. The van der Waals surface area contributed by atoms with Crippen LogP contribution < -0.4 is 5.32 Å². The van der Waals surface area contributed by atoms with Crippen LogP contribution in [0.5, 0.6) is 0 Å². The summed E-state index contributed by atoms with van der Waals surface area (Å²) in [4.78, 5) is 38.7. The van der Waals surface area contributed by atoms with Gasteiger partial charge in [-0.25, -0.2) is 9.18 Å². The highest BCUT2D eigenvalue weighted by molar-refractivity contribution is 5.98. The van der Waals surface area contributed by atoms with Gasteiger partial charge in [-0.1, -0.05) is 18.2 Å². The second-order valence-corrected chi connectivity index (χ2v) is 8.68. The van der Waals surface area contributed by atoms with Crippen LogP contribution in [0.4, 0.5) is 9.18 Å². The third-order valence-electron chi connectivity index (χ3n) is 6.21. The average molecular weight is 480 g/mol. The maximum absolute atomic E-state index is 14.9. The number of hydrogen-bond acceptors (Lipinski definition) is 5. The van der Waals surface area contributed by atoms with Gasteiger partial charge in [0, 0.05) is 38.7 Å². The van der Waals surface area contributed by atoms with Gasteiger partial charge in [-0.05, 0) is 46.9 Å². The van der Waals surface area contributed by atoms with Crippen molar-refractivity contribution < 1.29 is 28.6 Å². The summed E-state index contributed by atoms with van der Waals surface area (Å²) in [6.07, 6.45) is -1.78. The summed E-state index contributed by atoms with van der Waals surface area (Å²) < 4.78 is 20.4. The van der Waals surface area contributed by atoms with Crippen molar-refractivity contribution in [3.05, 3.63) is 58.9 Å². The molecule has 10 heteroatoms. The first kappa shape index (κ1) is 24.2. The molecule has 0 bridgehead atoms. The first-order chi connectivity index (χ1) is 16.8. The highest BCUT2D eigenvalue weighted by Gasteiger charge is 2.29. The van der Waals surface area contributed by atoms with E-state index in [0.717, 1.165) is 16.0 Å². The molecule has 182 valence electrons. The zero-order valence-electron chi connectivity index (χ0n) is 19.2. The second-order valence-electron chi connectivity index (χ2n) is 8.68. The third-order valence-corrected chi connectivity index (χ3v) is 6.21. The molecule has 2 heterocycles. The van der Waals surface area contributed by atoms with Crippen molar-refractivity contribution in [2.45, 2.75) is 31.5 Å². The van der Waals surface area contributed by atoms with Gasteiger partial charge in [-0.2, -0.15) is 5.26 Å². The number of halogens is 1. The lowest BCUT2D eigenvalue weighted by Crippen LogP contribution is -2.47. The number of fused-ring (bicyclic) bond motifs is 1. The van der Waals surface area contributed by atoms with E-state index in [9.17, 15) is 29.1 Å². The summed E-state index contributed by atoms with van der Waals surface area (Å²) in [6, 6.07) is 11.0. The molecular formula is C25H25FN4O5. The zero-order chi connectivity index (χ0) is 25.1. The third kappa shape index (κ3) is 5.25. The number of nitrogens with zero attached hydrogens (tertiary/aromatic N) is 3. The van der Waals surface area contributed by atoms with E-state index < -0.39 is 30.0 Å². The van der Waals surface area contributed by atoms with E-state index in [1.165, 1.54) is 6.07 Å². The van der Waals surface area contributed by atoms with Gasteiger partial charge in [0.1, 0.15) is 11.9 Å². The van der Waals surface area contributed by atoms with Gasteiger partial charge in [0.2, 0.25) is 0 Å². The molecule has 0 saturated carbocycles. The summed E-state index contributed by atoms with van der Waals surface area (Å²) >= 11 is 0. The SMILES string of the molecule is CN1Cc2cc(-c3ccc(C[C@@H](C#N)NC(=O)[C@@H]4CN(C(=O)O)CCCO4)c(F)c3)ccc2C1=O. The molecule has 2 aliphatic rings. The highest BCUT2D eigenvalue weighted by atomic mass is 19.1. The van der Waals surface area contributed by atoms with Crippen molar-refractivity contribution in [2.75, 3.05) is 26.7 Å². The Morgan fingerprint density at radius 1 is 1.29 bits per heavy atom. The summed E-state index contributed by atoms with van der Waals surface area (Å²) in [5, 5.41) is 21.3. The number of nitrogens with one attached hydrogen (secondary N) is 1. The summed E-state index contributed by atoms with van der Waals surface area (Å²) in [5.74, 6) is -1.17. The lowest BCUT2D eigenvalue weighted by atomic mass is 9.97. The molecular weight excluding hydrogens is 455 g/mol. The van der Waals surface area contributed by atoms with Crippen molar-refractivity contribution in [1.82, 2.24) is 15.1 Å². The minimum atomic E-state index is -1.14. The van der Waals surface area contributed by atoms with E-state index in [1.807, 2.05) is 12.1 Å². The van der Waals surface area contributed by atoms with Crippen LogP contribution in [0.3, 0.4) is 0 Å². The molecule has 0 radical (unpaired) electrons. The predicted octanol–water partition coefficient (Wildman–Crippen LogP) is 2.40. The number of ether oxygens (including phenoxy) is 1. The average Bonchev–Trinajstić information content (AvgIpc) is 3.00. The number of amides is 3. The topological polar surface area (TPSA) is 123 Å². The maximum atomic E-state index is 14.9. The van der Waals surface area contributed by atoms with Crippen molar-refractivity contribution >= 4 is 17.9 Å². The quantitative estimate of drug-likeness (QED) is 0.678. The van der Waals surface area contributed by atoms with Gasteiger partial charge in [-0.15, -0.1) is 0 Å². The van der Waals surface area contributed by atoms with Crippen LogP contribution in [0.15, 0.2) is 36.4 Å². The highest BCUT2D eigenvalue weighted by Crippen LogP contribution is 2.29. The molecule has 2 aromatic carbocycles. The Bertz CT molecular complexity index is 1210. The van der Waals surface area contributed by atoms with E-state index in [4.69, 9.17) is 4.74 Å². The number of rotatable bonds is 5. The maximum Gasteiger partial charge on any atom is 0.407 e. The molecule has 0 spiro atoms. The largest absolute Gasteiger partial charge is 0.465 e. The molecule has 1 saturated heterocycles. The molecule has 0 aromatic heterocycles. The van der Waals surface area contributed by atoms with Crippen molar-refractivity contribution in [1.29, 1.82) is 5.26 Å². The predicted molar refractivity (Wildman–Crippen MR) is 123 cm³/mol. The Hall–Kier alpha value is -3.97. The molecule has 0 unspecified atom stereocenters. The number of benzene rings is 2. The molecule has 0 aliphatic carbocycles. The number of carbonyl (C=O) groups is 3. The Morgan fingerprint density at radius 2 is 2.03 bits per heavy atom. The molecule has 2 N–H and O–H groups in total. The fourth-order valence-electron chi connectivity index (χ4n) is 4.31. The van der Waals surface area contributed by atoms with Crippen LogP contribution in [0.2, 0.25) is 0 Å². The standard InChI is InChI=1S/C25H25FN4O5/c1-29-13-18-9-15(5-6-20(18)24(29)32)16-3-4-17(21(26)11-16)10-19(12-27)28-23(31)22-14-30(25(33)34)7-2-8-35-22/h3-6,9,11,19,22H,2,7-8,10,13-14H2,1H3,(H,28,31)(H,33,34)/t19-,22-/m0/s1. The van der Waals surface area contributed by atoms with E-state index in [2.05, 4.69) is 5.32 Å². The second kappa shape index (κ2) is 10.1. The van der Waals surface area contributed by atoms with Crippen molar-refractivity contribution in [3.63, 3.8) is 0 Å². The molecule has 9 nitrogen and oxygen atoms in total. The first-order valence-corrected chi connectivity index (χ1v) is 11.2. The van der Waals surface area contributed by atoms with Crippen LogP contribution in [0.1, 0.15) is 27.9 Å². The van der Waals surface area contributed by atoms with Crippen LogP contribution >= 0.6 is 0 Å². The van der Waals surface area contributed by atoms with E-state index >= 15 is 0 Å². The molecule has 3 amide bonds. The molecule has 4 rings (SSSR count). The fraction of sp³-hybridized carbons (Fsp3) is 0.360. The lowest BCUT2D eigenvalue weighted by molar-refractivity contribution is -0.133. The Balaban J connectivity index is 1.44. The number of carbonyl (C=O) groups excluding carboxylic acids is 2. The van der Waals surface area contributed by atoms with Gasteiger partial charge in [0.05, 0.1) is 12.6 Å². The molecule has 2 atom stereocenters. The van der Waals surface area contributed by atoms with E-state index in [-0.39, 0.29) is 37.6 Å². The van der Waals surface area contributed by atoms with Gasteiger partial charge in [0.25, 0.3) is 11.8 Å². The van der Waals surface area contributed by atoms with Crippen LogP contribution in [-0.2, 0) is 22.5 Å². The van der Waals surface area contributed by atoms with E-state index in [0.29, 0.717) is 24.1 Å². The fourth-order valence-corrected chi connectivity index (χ4v) is 4.31. The minimum absolute atomic E-state index is 0.0393. The van der Waals surface area contributed by atoms with Crippen molar-refractivity contribution in [3.8, 4) is 17.2 Å². The van der Waals surface area contributed by atoms with Crippen LogP contribution in [0.25, 0.3) is 11.1 Å². The number of nitriles is 1. The van der Waals surface area contributed by atoms with Crippen molar-refractivity contribution in [2.24, 2.45) is 0 Å². The van der Waals surface area contributed by atoms with Gasteiger partial charge < -0.3 is 25.0 Å². The zero-order valence-corrected chi connectivity index (χ0v) is 19.2. The van der Waals surface area contributed by atoms with Crippen LogP contribution in [-0.4, -0.2) is 71.7 Å². The number of hydrogen-bond donors (Lipinski definition) is 2. The van der Waals surface area contributed by atoms with Gasteiger partial charge in [-0.3, -0.25) is 9.59 Å². The van der Waals surface area contributed by atoms with Crippen LogP contribution in [0, 0.1) is 17.1 Å². The smallest absolute Gasteiger partial charge is 0.407 e. The summed E-state index contributed by atoms with van der Waals surface area (Å²) in [7, 11) is 1.73. The van der Waals surface area contributed by atoms with Gasteiger partial charge >= 0.3 is 6.09 Å². The van der Waals surface area contributed by atoms with E-state index in [1.54, 1.807) is 36.2 Å². The lowest BCUT2D eigenvalue weighted by Gasteiger charge is -2.22. The Kier molecular flexibility index (Phi) is 6.98. The molecule has 1 fully saturated rings. The molecule has 2 aliphatic heterocycles. The first-order valence-electron chi connectivity index (χ1n) is 11.2. The monoisotopic (exact) mass is 480 g/mol. The number of carboxylic acid groups (broad SMARTS) is 1. The van der Waals surface area contributed by atoms with Gasteiger partial charge in [0.15, 0.2) is 6.10 Å². The minimum Gasteiger partial charge on any atom is -0.465 e. The molecule has 35 heavy (non-hydrogen) atoms.